The van der Waals surface area contributed by atoms with Gasteiger partial charge in [-0.05, 0) is 0 Å². The van der Waals surface area contributed by atoms with E-state index in [0.717, 1.165) is 12.4 Å². The Morgan fingerprint density at radius 1 is 1.00 bits per heavy atom. The lowest BCUT2D eigenvalue weighted by Gasteiger charge is -2.19. The fourth-order valence-corrected chi connectivity index (χ4v) is 1.70. The highest BCUT2D eigenvalue weighted by molar-refractivity contribution is 7.49. The number of nitrogens with zero attached hydrogens (tertiary/aromatic N) is 2. The Kier molecular flexibility index (Phi) is 4.38. The van der Waals surface area contributed by atoms with Gasteiger partial charge < -0.3 is 4.52 Å². The molecule has 0 aliphatic rings. The van der Waals surface area contributed by atoms with Crippen LogP contribution in [0.5, 0.6) is 5.88 Å². The molecule has 0 fully saturated rings. The molecule has 0 aliphatic carbocycles. The molecular weight excluding hydrogens is 309 g/mol. The second-order valence-corrected chi connectivity index (χ2v) is 4.10. The Morgan fingerprint density at radius 2 is 1.53 bits per heavy atom. The van der Waals surface area contributed by atoms with Crippen LogP contribution in [0, 0.1) is 0 Å². The van der Waals surface area contributed by atoms with Crippen LogP contribution in [0.25, 0.3) is 0 Å². The van der Waals surface area contributed by atoms with Crippen molar-refractivity contribution in [2.24, 2.45) is 0 Å². The van der Waals surface area contributed by atoms with E-state index in [0.29, 0.717) is 6.20 Å². The zero-order valence-electron chi connectivity index (χ0n) is 8.47. The van der Waals surface area contributed by atoms with Crippen molar-refractivity contribution in [1.82, 2.24) is 9.97 Å². The maximum atomic E-state index is 11.9. The lowest BCUT2D eigenvalue weighted by molar-refractivity contribution is -0.313. The van der Waals surface area contributed by atoms with E-state index < -0.39 is 26.4 Å². The summed E-state index contributed by atoms with van der Waals surface area (Å²) in [5.41, 5.74) is 0. The van der Waals surface area contributed by atoms with Crippen LogP contribution in [-0.4, -0.2) is 22.7 Å². The zero-order chi connectivity index (χ0) is 14.7. The van der Waals surface area contributed by atoms with E-state index in [2.05, 4.69) is 23.5 Å². The first-order valence-electron chi connectivity index (χ1n) is 4.10. The van der Waals surface area contributed by atoms with Gasteiger partial charge in [0.1, 0.15) is 0 Å². The molecule has 0 amide bonds. The third-order valence-corrected chi connectivity index (χ3v) is 2.45. The summed E-state index contributed by atoms with van der Waals surface area (Å²) < 4.78 is 91.8. The molecule has 0 bridgehead atoms. The van der Waals surface area contributed by atoms with Crippen molar-refractivity contribution < 1.29 is 44.5 Å². The summed E-state index contributed by atoms with van der Waals surface area (Å²) in [6.45, 7) is 0. The largest absolute Gasteiger partial charge is 0.545 e. The van der Waals surface area contributed by atoms with Crippen LogP contribution in [-0.2, 0) is 13.6 Å². The van der Waals surface area contributed by atoms with Gasteiger partial charge in [0.25, 0.3) is 0 Å². The number of halogens is 6. The predicted molar refractivity (Wildman–Crippen MR) is 44.5 cm³/mol. The second-order valence-electron chi connectivity index (χ2n) is 2.66. The molecule has 1 rings (SSSR count). The number of hydrogen-bond acceptors (Lipinski definition) is 6. The molecule has 0 unspecified atom stereocenters. The average Bonchev–Trinajstić information content (AvgIpc) is 2.11. The number of aromatic nitrogens is 2. The average molecular weight is 312 g/mol. The van der Waals surface area contributed by atoms with Gasteiger partial charge in [-0.15, -0.1) is 26.3 Å². The molecule has 0 aromatic carbocycles. The van der Waals surface area contributed by atoms with Gasteiger partial charge in [-0.1, -0.05) is 0 Å². The number of rotatable bonds is 4. The lowest BCUT2D eigenvalue weighted by atomic mass is 10.7. The third-order valence-electron chi connectivity index (χ3n) is 1.18. The summed E-state index contributed by atoms with van der Waals surface area (Å²) in [6.07, 6.45) is -8.81. The molecule has 1 heterocycles. The van der Waals surface area contributed by atoms with E-state index >= 15 is 0 Å². The Balaban J connectivity index is 2.96. The third kappa shape index (κ3) is 6.36. The molecule has 19 heavy (non-hydrogen) atoms. The first-order chi connectivity index (χ1) is 8.49. The van der Waals surface area contributed by atoms with Crippen molar-refractivity contribution in [1.29, 1.82) is 0 Å². The van der Waals surface area contributed by atoms with E-state index in [9.17, 15) is 30.9 Å². The minimum atomic E-state index is -6.04. The summed E-state index contributed by atoms with van der Waals surface area (Å²) in [5, 5.41) is 0. The van der Waals surface area contributed by atoms with Gasteiger partial charge in [0, 0.05) is 12.4 Å². The minimum absolute atomic E-state index is 0.617. The molecule has 0 N–H and O–H groups in total. The highest BCUT2D eigenvalue weighted by atomic mass is 31.2. The molecule has 13 heteroatoms. The first-order valence-corrected chi connectivity index (χ1v) is 5.56. The Labute approximate surface area is 100 Å². The van der Waals surface area contributed by atoms with Crippen LogP contribution >= 0.6 is 7.82 Å². The Bertz CT molecular complexity index is 443. The first kappa shape index (κ1) is 15.7. The summed E-state index contributed by atoms with van der Waals surface area (Å²) >= 11 is 0. The molecule has 1 aromatic rings. The normalized spacial score (nSPS) is 13.4. The van der Waals surface area contributed by atoms with Gasteiger partial charge in [0.2, 0.25) is 5.88 Å². The monoisotopic (exact) mass is 312 g/mol. The Morgan fingerprint density at radius 3 is 1.89 bits per heavy atom. The molecule has 0 spiro atoms. The molecule has 0 saturated heterocycles. The van der Waals surface area contributed by atoms with Crippen LogP contribution in [0.4, 0.5) is 26.3 Å². The number of alkyl halides is 6. The lowest BCUT2D eigenvalue weighted by Crippen LogP contribution is -2.21. The summed E-state index contributed by atoms with van der Waals surface area (Å²) in [4.78, 5) is 6.45. The molecule has 1 aromatic heterocycles. The zero-order valence-corrected chi connectivity index (χ0v) is 9.37. The van der Waals surface area contributed by atoms with E-state index in [-0.39, 0.29) is 0 Å². The maximum absolute atomic E-state index is 11.9. The number of phosphoric ester groups is 1. The quantitative estimate of drug-likeness (QED) is 0.628. The van der Waals surface area contributed by atoms with Crippen molar-refractivity contribution >= 4 is 7.82 Å². The molecule has 0 radical (unpaired) electrons. The second kappa shape index (κ2) is 5.31. The Hall–Kier alpha value is -1.39. The van der Waals surface area contributed by atoms with Crippen molar-refractivity contribution in [3.05, 3.63) is 18.6 Å². The van der Waals surface area contributed by atoms with E-state index in [1.165, 1.54) is 0 Å². The standard InChI is InChI=1S/C6H3F6N2O4P/c7-5(8,9)17-19(15,18-6(10,11)12)16-4-3-13-1-2-14-4/h1-3H. The van der Waals surface area contributed by atoms with E-state index in [1.807, 2.05) is 0 Å². The van der Waals surface area contributed by atoms with Crippen LogP contribution in [0.3, 0.4) is 0 Å². The van der Waals surface area contributed by atoms with Crippen LogP contribution < -0.4 is 4.52 Å². The van der Waals surface area contributed by atoms with Crippen molar-refractivity contribution in [3.63, 3.8) is 0 Å². The van der Waals surface area contributed by atoms with Gasteiger partial charge in [0.05, 0.1) is 6.20 Å². The van der Waals surface area contributed by atoms with Gasteiger partial charge in [-0.3, -0.25) is 4.98 Å². The van der Waals surface area contributed by atoms with Gasteiger partial charge in [0.15, 0.2) is 0 Å². The summed E-state index contributed by atoms with van der Waals surface area (Å²) in [7, 11) is -6.04. The van der Waals surface area contributed by atoms with Crippen molar-refractivity contribution in [2.75, 3.05) is 0 Å². The van der Waals surface area contributed by atoms with Crippen molar-refractivity contribution in [3.8, 4) is 5.88 Å². The van der Waals surface area contributed by atoms with Crippen LogP contribution in [0.1, 0.15) is 0 Å². The van der Waals surface area contributed by atoms with E-state index in [4.69, 9.17) is 0 Å². The smallest absolute Gasteiger partial charge is 0.384 e. The number of hydrogen-bond donors (Lipinski definition) is 0. The SMILES string of the molecule is O=P(Oc1cnccn1)(OC(F)(F)F)OC(F)(F)F. The predicted octanol–water partition coefficient (Wildman–Crippen LogP) is 3.04. The highest BCUT2D eigenvalue weighted by Gasteiger charge is 2.51. The summed E-state index contributed by atoms with van der Waals surface area (Å²) in [6, 6.07) is 0. The van der Waals surface area contributed by atoms with Crippen LogP contribution in [0.15, 0.2) is 18.6 Å². The van der Waals surface area contributed by atoms with Gasteiger partial charge in [-0.2, -0.15) is 9.05 Å². The molecule has 108 valence electrons. The minimum Gasteiger partial charge on any atom is -0.384 e. The number of phosphoric acid groups is 1. The maximum Gasteiger partial charge on any atom is 0.545 e. The fourth-order valence-electron chi connectivity index (χ4n) is 0.757. The van der Waals surface area contributed by atoms with Crippen LogP contribution in [0.2, 0.25) is 0 Å². The molecular formula is C6H3F6N2O4P. The van der Waals surface area contributed by atoms with E-state index in [1.54, 1.807) is 0 Å². The highest BCUT2D eigenvalue weighted by Crippen LogP contribution is 2.56. The summed E-state index contributed by atoms with van der Waals surface area (Å²) in [5.74, 6) is -0.903. The van der Waals surface area contributed by atoms with Gasteiger partial charge in [-0.25, -0.2) is 9.55 Å². The molecule has 0 saturated carbocycles. The molecule has 6 nitrogen and oxygen atoms in total. The van der Waals surface area contributed by atoms with Crippen molar-refractivity contribution in [2.45, 2.75) is 12.7 Å². The molecule has 0 atom stereocenters. The van der Waals surface area contributed by atoms with Gasteiger partial charge >= 0.3 is 20.5 Å². The fraction of sp³-hybridized carbons (Fsp3) is 0.333. The molecule has 0 aliphatic heterocycles. The topological polar surface area (TPSA) is 70.5 Å².